The number of carbonyl (C=O) groups is 2. The molecule has 0 bridgehead atoms. The first-order valence-corrected chi connectivity index (χ1v) is 9.40. The first kappa shape index (κ1) is 18.7. The summed E-state index contributed by atoms with van der Waals surface area (Å²) in [6.45, 7) is 0.932. The van der Waals surface area contributed by atoms with Crippen molar-refractivity contribution in [3.8, 4) is 0 Å². The highest BCUT2D eigenvalue weighted by molar-refractivity contribution is 5.90. The van der Waals surface area contributed by atoms with E-state index in [1.807, 2.05) is 6.07 Å². The highest BCUT2D eigenvalue weighted by atomic mass is 16.2. The summed E-state index contributed by atoms with van der Waals surface area (Å²) < 4.78 is 1.01. The molecule has 4 rings (SSSR count). The summed E-state index contributed by atoms with van der Waals surface area (Å²) in [5, 5.41) is 5.74. The molecule has 0 atom stereocenters. The predicted octanol–water partition coefficient (Wildman–Crippen LogP) is 1.45. The maximum absolute atomic E-state index is 12.5. The van der Waals surface area contributed by atoms with E-state index in [0.717, 1.165) is 23.2 Å². The van der Waals surface area contributed by atoms with Crippen LogP contribution < -0.4 is 16.4 Å². The van der Waals surface area contributed by atoms with Crippen LogP contribution in [0.3, 0.4) is 0 Å². The fourth-order valence-electron chi connectivity index (χ4n) is 3.54. The Hall–Kier alpha value is -3.68. The molecule has 1 aliphatic heterocycles. The molecule has 1 saturated heterocycles. The minimum Gasteiger partial charge on any atom is -0.338 e. The Kier molecular flexibility index (Phi) is 4.99. The summed E-state index contributed by atoms with van der Waals surface area (Å²) in [6.07, 6.45) is 1.45. The highest BCUT2D eigenvalue weighted by Crippen LogP contribution is 2.17. The maximum Gasteiger partial charge on any atom is 0.273 e. The summed E-state index contributed by atoms with van der Waals surface area (Å²) in [7, 11) is 0. The van der Waals surface area contributed by atoms with E-state index < -0.39 is 17.0 Å². The van der Waals surface area contributed by atoms with Gasteiger partial charge in [-0.05, 0) is 36.2 Å². The monoisotopic (exact) mass is 392 g/mol. The molecule has 1 aromatic heterocycles. The van der Waals surface area contributed by atoms with Crippen molar-refractivity contribution in [2.24, 2.45) is 0 Å². The number of amides is 2. The van der Waals surface area contributed by atoms with Gasteiger partial charge in [0.2, 0.25) is 11.8 Å². The van der Waals surface area contributed by atoms with Gasteiger partial charge in [0.1, 0.15) is 6.54 Å². The minimum absolute atomic E-state index is 0.138. The lowest BCUT2D eigenvalue weighted by atomic mass is 10.2. The second-order valence-electron chi connectivity index (χ2n) is 7.05. The van der Waals surface area contributed by atoms with Gasteiger partial charge >= 0.3 is 0 Å². The minimum atomic E-state index is -0.438. The Bertz CT molecular complexity index is 1210. The van der Waals surface area contributed by atoms with Gasteiger partial charge in [-0.25, -0.2) is 4.68 Å². The molecule has 0 aliphatic carbocycles. The molecular weight excluding hydrogens is 372 g/mol. The molecule has 8 nitrogen and oxygen atoms in total. The van der Waals surface area contributed by atoms with E-state index in [9.17, 15) is 19.2 Å². The molecular formula is C21H20N4O4. The number of benzene rings is 2. The van der Waals surface area contributed by atoms with Gasteiger partial charge in [-0.2, -0.15) is 0 Å². The lowest BCUT2D eigenvalue weighted by Gasteiger charge is -2.16. The van der Waals surface area contributed by atoms with Crippen molar-refractivity contribution in [2.75, 3.05) is 11.9 Å². The first-order chi connectivity index (χ1) is 14.0. The number of carbonyl (C=O) groups excluding carboxylic acids is 2. The summed E-state index contributed by atoms with van der Waals surface area (Å²) in [5.41, 5.74) is 0.617. The molecule has 0 unspecified atom stereocenters. The van der Waals surface area contributed by atoms with Crippen LogP contribution in [0.25, 0.3) is 10.8 Å². The zero-order chi connectivity index (χ0) is 20.4. The summed E-state index contributed by atoms with van der Waals surface area (Å²) in [6, 6.07) is 13.7. The van der Waals surface area contributed by atoms with Crippen LogP contribution >= 0.6 is 0 Å². The third kappa shape index (κ3) is 3.96. The van der Waals surface area contributed by atoms with Crippen LogP contribution in [0.2, 0.25) is 0 Å². The van der Waals surface area contributed by atoms with Crippen LogP contribution in [0.1, 0.15) is 18.4 Å². The zero-order valence-corrected chi connectivity index (χ0v) is 15.7. The molecule has 3 aromatic rings. The van der Waals surface area contributed by atoms with E-state index >= 15 is 0 Å². The molecule has 0 saturated carbocycles. The molecule has 2 aromatic carbocycles. The number of anilines is 1. The standard InChI is InChI=1S/C21H20N4O4/c26-18(13-25-21(29)17-8-2-1-7-16(17)20(28)23-25)22-15-6-3-5-14(11-15)12-24-10-4-9-19(24)27/h1-3,5-8,11H,4,9-10,12-13H2,(H,22,26)(H,23,28). The molecule has 0 spiro atoms. The van der Waals surface area contributed by atoms with Crippen molar-refractivity contribution in [2.45, 2.75) is 25.9 Å². The molecule has 1 fully saturated rings. The Morgan fingerprint density at radius 1 is 1.03 bits per heavy atom. The maximum atomic E-state index is 12.5. The number of nitrogens with one attached hydrogen (secondary N) is 2. The molecule has 2 heterocycles. The molecule has 2 amide bonds. The van der Waals surface area contributed by atoms with Gasteiger partial charge in [0.15, 0.2) is 0 Å². The van der Waals surface area contributed by atoms with Crippen molar-refractivity contribution in [3.05, 3.63) is 74.8 Å². The Morgan fingerprint density at radius 2 is 1.83 bits per heavy atom. The van der Waals surface area contributed by atoms with Crippen LogP contribution in [0.15, 0.2) is 58.1 Å². The molecule has 148 valence electrons. The number of nitrogens with zero attached hydrogens (tertiary/aromatic N) is 2. The smallest absolute Gasteiger partial charge is 0.273 e. The normalized spacial score (nSPS) is 13.8. The van der Waals surface area contributed by atoms with E-state index in [-0.39, 0.29) is 17.8 Å². The van der Waals surface area contributed by atoms with Crippen molar-refractivity contribution in [1.82, 2.24) is 14.7 Å². The lowest BCUT2D eigenvalue weighted by Crippen LogP contribution is -2.34. The third-order valence-corrected chi connectivity index (χ3v) is 4.94. The van der Waals surface area contributed by atoms with Crippen molar-refractivity contribution >= 4 is 28.3 Å². The lowest BCUT2D eigenvalue weighted by molar-refractivity contribution is -0.128. The van der Waals surface area contributed by atoms with E-state index in [1.54, 1.807) is 47.4 Å². The molecule has 8 heteroatoms. The number of hydrogen-bond donors (Lipinski definition) is 2. The second kappa shape index (κ2) is 7.75. The molecule has 2 N–H and O–H groups in total. The van der Waals surface area contributed by atoms with Crippen LogP contribution in [0.4, 0.5) is 5.69 Å². The SMILES string of the molecule is O=C(Cn1[nH]c(=O)c2ccccc2c1=O)Nc1cccc(CN2CCCC2=O)c1. The predicted molar refractivity (Wildman–Crippen MR) is 109 cm³/mol. The second-order valence-corrected chi connectivity index (χ2v) is 7.05. The average Bonchev–Trinajstić information content (AvgIpc) is 3.10. The van der Waals surface area contributed by atoms with Crippen molar-refractivity contribution in [3.63, 3.8) is 0 Å². The first-order valence-electron chi connectivity index (χ1n) is 9.40. The highest BCUT2D eigenvalue weighted by Gasteiger charge is 2.20. The van der Waals surface area contributed by atoms with Gasteiger partial charge in [0, 0.05) is 25.2 Å². The van der Waals surface area contributed by atoms with E-state index in [0.29, 0.717) is 24.0 Å². The topological polar surface area (TPSA) is 104 Å². The van der Waals surface area contributed by atoms with Crippen LogP contribution in [0, 0.1) is 0 Å². The number of rotatable bonds is 5. The number of aromatic nitrogens is 2. The quantitative estimate of drug-likeness (QED) is 0.686. The van der Waals surface area contributed by atoms with Crippen molar-refractivity contribution in [1.29, 1.82) is 0 Å². The summed E-state index contributed by atoms with van der Waals surface area (Å²) in [5.74, 6) is -0.300. The van der Waals surface area contributed by atoms with Crippen molar-refractivity contribution < 1.29 is 9.59 Å². The number of H-pyrrole nitrogens is 1. The average molecular weight is 392 g/mol. The summed E-state index contributed by atoms with van der Waals surface area (Å²) >= 11 is 0. The number of fused-ring (bicyclic) bond motifs is 1. The number of likely N-dealkylation sites (tertiary alicyclic amines) is 1. The van der Waals surface area contributed by atoms with Gasteiger partial charge in [-0.15, -0.1) is 0 Å². The van der Waals surface area contributed by atoms with E-state index in [4.69, 9.17) is 0 Å². The third-order valence-electron chi connectivity index (χ3n) is 4.94. The largest absolute Gasteiger partial charge is 0.338 e. The van der Waals surface area contributed by atoms with Crippen LogP contribution in [-0.4, -0.2) is 33.0 Å². The number of hydrogen-bond acceptors (Lipinski definition) is 4. The van der Waals surface area contributed by atoms with Gasteiger partial charge in [0.25, 0.3) is 11.1 Å². The fraction of sp³-hybridized carbons (Fsp3) is 0.238. The van der Waals surface area contributed by atoms with E-state index in [2.05, 4.69) is 10.4 Å². The fourth-order valence-corrected chi connectivity index (χ4v) is 3.54. The van der Waals surface area contributed by atoms with Gasteiger partial charge < -0.3 is 10.2 Å². The summed E-state index contributed by atoms with van der Waals surface area (Å²) in [4.78, 5) is 50.7. The number of aromatic amines is 1. The Balaban J connectivity index is 1.49. The molecule has 0 radical (unpaired) electrons. The van der Waals surface area contributed by atoms with Crippen LogP contribution in [0.5, 0.6) is 0 Å². The van der Waals surface area contributed by atoms with Gasteiger partial charge in [0.05, 0.1) is 10.8 Å². The zero-order valence-electron chi connectivity index (χ0n) is 15.7. The Morgan fingerprint density at radius 3 is 2.59 bits per heavy atom. The van der Waals surface area contributed by atoms with Gasteiger partial charge in [-0.3, -0.25) is 24.3 Å². The Labute approximate surface area is 165 Å². The van der Waals surface area contributed by atoms with Gasteiger partial charge in [-0.1, -0.05) is 24.3 Å². The molecule has 29 heavy (non-hydrogen) atoms. The van der Waals surface area contributed by atoms with Crippen LogP contribution in [-0.2, 0) is 22.7 Å². The molecule has 1 aliphatic rings. The van der Waals surface area contributed by atoms with E-state index in [1.165, 1.54) is 0 Å².